The van der Waals surface area contributed by atoms with Gasteiger partial charge in [0.2, 0.25) is 5.91 Å². The van der Waals surface area contributed by atoms with Gasteiger partial charge in [-0.2, -0.15) is 18.3 Å². The van der Waals surface area contributed by atoms with Crippen molar-refractivity contribution in [3.05, 3.63) is 47.3 Å². The van der Waals surface area contributed by atoms with Crippen molar-refractivity contribution in [3.63, 3.8) is 0 Å². The Hall–Kier alpha value is -3.04. The smallest absolute Gasteiger partial charge is 0.416 e. The molecule has 0 unspecified atom stereocenters. The number of ether oxygens (including phenoxy) is 1. The molecule has 0 fully saturated rings. The standard InChI is InChI=1S/C19H23F3N4O3/c1-5-29-18(28)25(4)11-17(27)24-12(2)16-10-23-26(13(16)3)15-8-6-7-14(9-15)19(20,21)22/h6-10,12H,5,11H2,1-4H3,(H,24,27)/t12-/m0/s1. The third-order valence-electron chi connectivity index (χ3n) is 4.27. The number of halogens is 3. The number of rotatable bonds is 6. The molecule has 1 aromatic heterocycles. The van der Waals surface area contributed by atoms with Crippen LogP contribution in [0.1, 0.15) is 36.7 Å². The van der Waals surface area contributed by atoms with Crippen LogP contribution in [0.25, 0.3) is 5.69 Å². The van der Waals surface area contributed by atoms with Crippen LogP contribution in [0.4, 0.5) is 18.0 Å². The SMILES string of the molecule is CCOC(=O)N(C)CC(=O)N[C@@H](C)c1cnn(-c2cccc(C(F)(F)F)c2)c1C. The fourth-order valence-corrected chi connectivity index (χ4v) is 2.80. The highest BCUT2D eigenvalue weighted by Crippen LogP contribution is 2.31. The lowest BCUT2D eigenvalue weighted by Gasteiger charge is -2.19. The predicted octanol–water partition coefficient (Wildman–Crippen LogP) is 3.47. The number of nitrogens with one attached hydrogen (secondary N) is 1. The van der Waals surface area contributed by atoms with Crippen LogP contribution in [0.5, 0.6) is 0 Å². The van der Waals surface area contributed by atoms with Crippen LogP contribution >= 0.6 is 0 Å². The number of carbonyl (C=O) groups excluding carboxylic acids is 2. The van der Waals surface area contributed by atoms with Gasteiger partial charge in [-0.3, -0.25) is 4.79 Å². The summed E-state index contributed by atoms with van der Waals surface area (Å²) in [4.78, 5) is 24.9. The van der Waals surface area contributed by atoms with Gasteiger partial charge in [0, 0.05) is 18.3 Å². The second-order valence-electron chi connectivity index (χ2n) is 6.49. The summed E-state index contributed by atoms with van der Waals surface area (Å²) < 4.78 is 45.1. The van der Waals surface area contributed by atoms with Crippen molar-refractivity contribution in [2.75, 3.05) is 20.2 Å². The Bertz CT molecular complexity index is 880. The summed E-state index contributed by atoms with van der Waals surface area (Å²) in [5.41, 5.74) is 0.740. The highest BCUT2D eigenvalue weighted by molar-refractivity contribution is 5.82. The summed E-state index contributed by atoms with van der Waals surface area (Å²) >= 11 is 0. The topological polar surface area (TPSA) is 76.5 Å². The van der Waals surface area contributed by atoms with Crippen LogP contribution < -0.4 is 5.32 Å². The van der Waals surface area contributed by atoms with Crippen LogP contribution in [0.15, 0.2) is 30.5 Å². The number of alkyl halides is 3. The molecule has 2 amide bonds. The van der Waals surface area contributed by atoms with E-state index in [1.165, 1.54) is 30.1 Å². The van der Waals surface area contributed by atoms with E-state index in [4.69, 9.17) is 4.74 Å². The lowest BCUT2D eigenvalue weighted by molar-refractivity contribution is -0.137. The molecule has 1 heterocycles. The number of likely N-dealkylation sites (N-methyl/N-ethyl adjacent to an activating group) is 1. The third-order valence-corrected chi connectivity index (χ3v) is 4.27. The first-order valence-electron chi connectivity index (χ1n) is 8.94. The van der Waals surface area contributed by atoms with Crippen molar-refractivity contribution >= 4 is 12.0 Å². The summed E-state index contributed by atoms with van der Waals surface area (Å²) in [6.45, 7) is 5.11. The number of hydrogen-bond acceptors (Lipinski definition) is 4. The number of hydrogen-bond donors (Lipinski definition) is 1. The molecule has 10 heteroatoms. The molecule has 1 atom stereocenters. The number of nitrogens with zero attached hydrogens (tertiary/aromatic N) is 3. The molecule has 1 N–H and O–H groups in total. The summed E-state index contributed by atoms with van der Waals surface area (Å²) in [6, 6.07) is 4.39. The third kappa shape index (κ3) is 5.49. The van der Waals surface area contributed by atoms with Gasteiger partial charge in [0.1, 0.15) is 6.54 Å². The Morgan fingerprint density at radius 2 is 2.03 bits per heavy atom. The van der Waals surface area contributed by atoms with E-state index in [0.29, 0.717) is 11.3 Å². The van der Waals surface area contributed by atoms with Gasteiger partial charge in [-0.05, 0) is 39.0 Å². The van der Waals surface area contributed by atoms with E-state index in [0.717, 1.165) is 17.0 Å². The minimum Gasteiger partial charge on any atom is -0.450 e. The molecule has 1 aromatic carbocycles. The molecule has 0 aliphatic heterocycles. The van der Waals surface area contributed by atoms with Gasteiger partial charge in [0.25, 0.3) is 0 Å². The first-order chi connectivity index (χ1) is 13.5. The van der Waals surface area contributed by atoms with Crippen molar-refractivity contribution in [3.8, 4) is 5.69 Å². The van der Waals surface area contributed by atoms with Gasteiger partial charge in [-0.15, -0.1) is 0 Å². The van der Waals surface area contributed by atoms with Gasteiger partial charge in [-0.25, -0.2) is 9.48 Å². The summed E-state index contributed by atoms with van der Waals surface area (Å²) in [5, 5.41) is 6.91. The molecular formula is C19H23F3N4O3. The zero-order valence-corrected chi connectivity index (χ0v) is 16.6. The fraction of sp³-hybridized carbons (Fsp3) is 0.421. The second-order valence-corrected chi connectivity index (χ2v) is 6.49. The molecule has 2 aromatic rings. The quantitative estimate of drug-likeness (QED) is 0.788. The number of carbonyl (C=O) groups is 2. The van der Waals surface area contributed by atoms with E-state index < -0.39 is 29.8 Å². The maximum atomic E-state index is 13.0. The minimum absolute atomic E-state index is 0.190. The monoisotopic (exact) mass is 412 g/mol. The molecule has 0 saturated heterocycles. The zero-order chi connectivity index (χ0) is 21.8. The Kier molecular flexibility index (Phi) is 6.89. The number of amides is 2. The van der Waals surface area contributed by atoms with Gasteiger partial charge in [0.15, 0.2) is 0 Å². The minimum atomic E-state index is -4.45. The fourth-order valence-electron chi connectivity index (χ4n) is 2.80. The van der Waals surface area contributed by atoms with E-state index in [1.54, 1.807) is 20.8 Å². The maximum absolute atomic E-state index is 13.0. The average Bonchev–Trinajstić information content (AvgIpc) is 3.02. The van der Waals surface area contributed by atoms with E-state index in [9.17, 15) is 22.8 Å². The molecule has 0 bridgehead atoms. The lowest BCUT2D eigenvalue weighted by atomic mass is 10.1. The molecule has 0 aliphatic carbocycles. The second kappa shape index (κ2) is 8.97. The van der Waals surface area contributed by atoms with Gasteiger partial charge < -0.3 is 15.0 Å². The van der Waals surface area contributed by atoms with E-state index in [-0.39, 0.29) is 18.8 Å². The first-order valence-corrected chi connectivity index (χ1v) is 8.94. The molecule has 2 rings (SSSR count). The summed E-state index contributed by atoms with van der Waals surface area (Å²) in [6.07, 6.45) is -3.56. The van der Waals surface area contributed by atoms with Crippen molar-refractivity contribution in [2.24, 2.45) is 0 Å². The Labute approximate surface area is 166 Å². The van der Waals surface area contributed by atoms with Gasteiger partial charge in [-0.1, -0.05) is 6.07 Å². The molecule has 29 heavy (non-hydrogen) atoms. The largest absolute Gasteiger partial charge is 0.450 e. The molecule has 7 nitrogen and oxygen atoms in total. The van der Waals surface area contributed by atoms with Crippen molar-refractivity contribution in [1.29, 1.82) is 0 Å². The highest BCUT2D eigenvalue weighted by atomic mass is 19.4. The molecule has 0 saturated carbocycles. The zero-order valence-electron chi connectivity index (χ0n) is 16.6. The van der Waals surface area contributed by atoms with Crippen LogP contribution in [0.3, 0.4) is 0 Å². The molecule has 158 valence electrons. The van der Waals surface area contributed by atoms with Crippen LogP contribution in [0, 0.1) is 6.92 Å². The molecule has 0 spiro atoms. The van der Waals surface area contributed by atoms with Crippen molar-refractivity contribution < 1.29 is 27.5 Å². The molecule has 0 aliphatic rings. The maximum Gasteiger partial charge on any atom is 0.416 e. The van der Waals surface area contributed by atoms with Crippen LogP contribution in [-0.2, 0) is 15.7 Å². The average molecular weight is 412 g/mol. The van der Waals surface area contributed by atoms with Gasteiger partial charge in [0.05, 0.1) is 30.1 Å². The van der Waals surface area contributed by atoms with E-state index >= 15 is 0 Å². The van der Waals surface area contributed by atoms with Crippen molar-refractivity contribution in [1.82, 2.24) is 20.0 Å². The Morgan fingerprint density at radius 3 is 2.66 bits per heavy atom. The molecule has 0 radical (unpaired) electrons. The normalized spacial score (nSPS) is 12.4. The van der Waals surface area contributed by atoms with Crippen molar-refractivity contribution in [2.45, 2.75) is 33.0 Å². The Balaban J connectivity index is 2.12. The van der Waals surface area contributed by atoms with Crippen LogP contribution in [0.2, 0.25) is 0 Å². The number of benzene rings is 1. The highest BCUT2D eigenvalue weighted by Gasteiger charge is 2.30. The summed E-state index contributed by atoms with van der Waals surface area (Å²) in [7, 11) is 1.44. The Morgan fingerprint density at radius 1 is 1.34 bits per heavy atom. The van der Waals surface area contributed by atoms with Gasteiger partial charge >= 0.3 is 12.3 Å². The predicted molar refractivity (Wildman–Crippen MR) is 99.5 cm³/mol. The van der Waals surface area contributed by atoms with E-state index in [1.807, 2.05) is 0 Å². The first kappa shape index (κ1) is 22.3. The van der Waals surface area contributed by atoms with E-state index in [2.05, 4.69) is 10.4 Å². The lowest BCUT2D eigenvalue weighted by Crippen LogP contribution is -2.39. The summed E-state index contributed by atoms with van der Waals surface area (Å²) in [5.74, 6) is -0.403. The molecular weight excluding hydrogens is 389 g/mol. The number of aromatic nitrogens is 2. The van der Waals surface area contributed by atoms with Crippen LogP contribution in [-0.4, -0.2) is 46.9 Å².